The molecule has 34 heavy (non-hydrogen) atoms. The molecular weight excluding hydrogens is 454 g/mol. The van der Waals surface area contributed by atoms with Crippen LogP contribution in [0.25, 0.3) is 10.1 Å². The summed E-state index contributed by atoms with van der Waals surface area (Å²) in [5.41, 5.74) is 1.83. The van der Waals surface area contributed by atoms with Gasteiger partial charge in [0.15, 0.2) is 0 Å². The van der Waals surface area contributed by atoms with Crippen molar-refractivity contribution in [3.8, 4) is 17.2 Å². The van der Waals surface area contributed by atoms with Crippen molar-refractivity contribution in [2.45, 2.75) is 6.61 Å². The lowest BCUT2D eigenvalue weighted by molar-refractivity contribution is 0.0606. The van der Waals surface area contributed by atoms with Crippen molar-refractivity contribution in [1.29, 1.82) is 0 Å². The highest BCUT2D eigenvalue weighted by molar-refractivity contribution is 7.20. The first-order valence-corrected chi connectivity index (χ1v) is 11.2. The van der Waals surface area contributed by atoms with Crippen molar-refractivity contribution in [3.05, 3.63) is 82.7 Å². The Kier molecular flexibility index (Phi) is 6.98. The van der Waals surface area contributed by atoms with Gasteiger partial charge in [0, 0.05) is 21.5 Å². The molecule has 0 unspecified atom stereocenters. The molecule has 1 heterocycles. The minimum absolute atomic E-state index is 0.230. The third-order valence-corrected chi connectivity index (χ3v) is 6.25. The van der Waals surface area contributed by atoms with Gasteiger partial charge in [-0.05, 0) is 72.1 Å². The van der Waals surface area contributed by atoms with Crippen LogP contribution in [0.15, 0.2) is 66.7 Å². The first-order valence-electron chi connectivity index (χ1n) is 10.4. The normalized spacial score (nSPS) is 10.6. The first kappa shape index (κ1) is 23.1. The quantitative estimate of drug-likeness (QED) is 0.336. The van der Waals surface area contributed by atoms with E-state index < -0.39 is 0 Å². The van der Waals surface area contributed by atoms with Gasteiger partial charge in [0.25, 0.3) is 5.91 Å². The Balaban J connectivity index is 1.49. The van der Waals surface area contributed by atoms with Gasteiger partial charge in [-0.1, -0.05) is 0 Å². The third-order valence-electron chi connectivity index (χ3n) is 5.16. The van der Waals surface area contributed by atoms with Crippen LogP contribution >= 0.6 is 11.3 Å². The van der Waals surface area contributed by atoms with Crippen LogP contribution in [0, 0.1) is 0 Å². The summed E-state index contributed by atoms with van der Waals surface area (Å²) < 4.78 is 22.2. The fourth-order valence-electron chi connectivity index (χ4n) is 3.39. The summed E-state index contributed by atoms with van der Waals surface area (Å²) in [6, 6.07) is 19.7. The summed E-state index contributed by atoms with van der Waals surface area (Å²) in [4.78, 5) is 25.2. The summed E-state index contributed by atoms with van der Waals surface area (Å²) in [5.74, 6) is 1.39. The number of carbonyl (C=O) groups excluding carboxylic acids is 2. The standard InChI is InChI=1S/C26H23NO6S/c1-30-20-6-8-21(9-7-20)33-15-18-12-16(4-10-22(18)31-2)25(28)27-19-5-11-23-17(13-19)14-24(34-23)26(29)32-3/h4-14H,15H2,1-3H3,(H,27,28). The molecule has 0 saturated carbocycles. The molecule has 3 aromatic carbocycles. The number of hydrogen-bond donors (Lipinski definition) is 1. The predicted octanol–water partition coefficient (Wildman–Crippen LogP) is 5.54. The molecule has 1 amide bonds. The number of hydrogen-bond acceptors (Lipinski definition) is 7. The highest BCUT2D eigenvalue weighted by Crippen LogP contribution is 2.29. The van der Waals surface area contributed by atoms with E-state index >= 15 is 0 Å². The van der Waals surface area contributed by atoms with Crippen LogP contribution in [0.5, 0.6) is 17.2 Å². The minimum atomic E-state index is -0.380. The second kappa shape index (κ2) is 10.3. The third kappa shape index (κ3) is 5.13. The molecule has 0 atom stereocenters. The minimum Gasteiger partial charge on any atom is -0.497 e. The van der Waals surface area contributed by atoms with Crippen molar-refractivity contribution in [2.75, 3.05) is 26.6 Å². The highest BCUT2D eigenvalue weighted by Gasteiger charge is 2.14. The highest BCUT2D eigenvalue weighted by atomic mass is 32.1. The van der Waals surface area contributed by atoms with Crippen LogP contribution in [0.3, 0.4) is 0 Å². The Morgan fingerprint density at radius 1 is 0.853 bits per heavy atom. The summed E-state index contributed by atoms with van der Waals surface area (Å²) in [7, 11) is 4.53. The van der Waals surface area contributed by atoms with E-state index in [1.165, 1.54) is 18.4 Å². The number of esters is 1. The van der Waals surface area contributed by atoms with Crippen LogP contribution in [0.2, 0.25) is 0 Å². The fraction of sp³-hybridized carbons (Fsp3) is 0.154. The lowest BCUT2D eigenvalue weighted by Crippen LogP contribution is -2.12. The second-order valence-corrected chi connectivity index (χ2v) is 8.38. The smallest absolute Gasteiger partial charge is 0.348 e. The van der Waals surface area contributed by atoms with Crippen molar-refractivity contribution < 1.29 is 28.5 Å². The van der Waals surface area contributed by atoms with E-state index in [4.69, 9.17) is 18.9 Å². The van der Waals surface area contributed by atoms with Gasteiger partial charge < -0.3 is 24.3 Å². The first-order chi connectivity index (χ1) is 16.5. The number of anilines is 1. The molecule has 4 rings (SSSR count). The fourth-order valence-corrected chi connectivity index (χ4v) is 4.35. The Morgan fingerprint density at radius 2 is 1.62 bits per heavy atom. The molecule has 0 aliphatic rings. The summed E-state index contributed by atoms with van der Waals surface area (Å²) >= 11 is 1.34. The number of amides is 1. The predicted molar refractivity (Wildman–Crippen MR) is 131 cm³/mol. The van der Waals surface area contributed by atoms with Gasteiger partial charge >= 0.3 is 5.97 Å². The van der Waals surface area contributed by atoms with Crippen molar-refractivity contribution in [2.24, 2.45) is 0 Å². The topological polar surface area (TPSA) is 83.1 Å². The largest absolute Gasteiger partial charge is 0.497 e. The number of carbonyl (C=O) groups is 2. The molecule has 7 nitrogen and oxygen atoms in total. The van der Waals surface area contributed by atoms with Crippen LogP contribution in [-0.4, -0.2) is 33.2 Å². The van der Waals surface area contributed by atoms with E-state index in [2.05, 4.69) is 5.32 Å². The number of rotatable bonds is 8. The number of nitrogens with one attached hydrogen (secondary N) is 1. The number of ether oxygens (including phenoxy) is 4. The Hall–Kier alpha value is -4.04. The van der Waals surface area contributed by atoms with Crippen molar-refractivity contribution in [1.82, 2.24) is 0 Å². The van der Waals surface area contributed by atoms with Crippen LogP contribution in [0.4, 0.5) is 5.69 Å². The van der Waals surface area contributed by atoms with Gasteiger partial charge in [0.05, 0.1) is 21.3 Å². The molecule has 8 heteroatoms. The van der Waals surface area contributed by atoms with Gasteiger partial charge in [-0.2, -0.15) is 0 Å². The summed E-state index contributed by atoms with van der Waals surface area (Å²) in [6.45, 7) is 0.230. The van der Waals surface area contributed by atoms with E-state index in [1.54, 1.807) is 44.6 Å². The lowest BCUT2D eigenvalue weighted by Gasteiger charge is -2.13. The van der Waals surface area contributed by atoms with Crippen LogP contribution in [-0.2, 0) is 11.3 Å². The molecule has 0 radical (unpaired) electrons. The van der Waals surface area contributed by atoms with Gasteiger partial charge in [-0.15, -0.1) is 11.3 Å². The summed E-state index contributed by atoms with van der Waals surface area (Å²) in [5, 5.41) is 3.76. The maximum absolute atomic E-state index is 12.9. The number of fused-ring (bicyclic) bond motifs is 1. The lowest BCUT2D eigenvalue weighted by atomic mass is 10.1. The molecule has 1 N–H and O–H groups in total. The van der Waals surface area contributed by atoms with Gasteiger partial charge in [-0.25, -0.2) is 4.79 Å². The van der Waals surface area contributed by atoms with Gasteiger partial charge in [0.2, 0.25) is 0 Å². The van der Waals surface area contributed by atoms with Crippen LogP contribution < -0.4 is 19.5 Å². The Bertz CT molecular complexity index is 1330. The molecule has 0 aliphatic heterocycles. The maximum Gasteiger partial charge on any atom is 0.348 e. The molecule has 0 bridgehead atoms. The zero-order valence-corrected chi connectivity index (χ0v) is 19.7. The van der Waals surface area contributed by atoms with E-state index in [0.717, 1.165) is 21.4 Å². The Morgan fingerprint density at radius 3 is 2.32 bits per heavy atom. The number of thiophene rings is 1. The zero-order valence-electron chi connectivity index (χ0n) is 18.9. The van der Waals surface area contributed by atoms with E-state index in [-0.39, 0.29) is 18.5 Å². The molecule has 0 aliphatic carbocycles. The van der Waals surface area contributed by atoms with E-state index in [0.29, 0.717) is 27.6 Å². The van der Waals surface area contributed by atoms with Crippen molar-refractivity contribution >= 4 is 39.0 Å². The average molecular weight is 478 g/mol. The monoisotopic (exact) mass is 477 g/mol. The van der Waals surface area contributed by atoms with Crippen molar-refractivity contribution in [3.63, 3.8) is 0 Å². The average Bonchev–Trinajstić information content (AvgIpc) is 3.30. The molecule has 1 aromatic heterocycles. The molecule has 0 saturated heterocycles. The SMILES string of the molecule is COC(=O)c1cc2cc(NC(=O)c3ccc(OC)c(COc4ccc(OC)cc4)c3)ccc2s1. The Labute approximate surface area is 200 Å². The van der Waals surface area contributed by atoms with Crippen LogP contribution in [0.1, 0.15) is 25.6 Å². The summed E-state index contributed by atoms with van der Waals surface area (Å²) in [6.07, 6.45) is 0. The van der Waals surface area contributed by atoms with Gasteiger partial charge in [-0.3, -0.25) is 4.79 Å². The number of benzene rings is 3. The maximum atomic E-state index is 12.9. The molecule has 4 aromatic rings. The van der Waals surface area contributed by atoms with E-state index in [9.17, 15) is 9.59 Å². The van der Waals surface area contributed by atoms with Gasteiger partial charge in [0.1, 0.15) is 28.7 Å². The molecular formula is C26H23NO6S. The molecule has 174 valence electrons. The second-order valence-electron chi connectivity index (χ2n) is 7.30. The van der Waals surface area contributed by atoms with E-state index in [1.807, 2.05) is 36.4 Å². The molecule has 0 spiro atoms. The number of methoxy groups -OCH3 is 3. The molecule has 0 fully saturated rings. The zero-order chi connectivity index (χ0) is 24.1.